The zero-order chi connectivity index (χ0) is 15.5. The summed E-state index contributed by atoms with van der Waals surface area (Å²) >= 11 is 3.56. The summed E-state index contributed by atoms with van der Waals surface area (Å²) in [4.78, 5) is 2.52. The molecule has 0 amide bonds. The van der Waals surface area contributed by atoms with Gasteiger partial charge >= 0.3 is 0 Å². The SMILES string of the molecule is CCC1(C)CCN(C(CN)c2cc(Br)ccc2OC)CC1. The first kappa shape index (κ1) is 16.8. The molecule has 0 radical (unpaired) electrons. The minimum atomic E-state index is 0.235. The van der Waals surface area contributed by atoms with Gasteiger partial charge in [0.1, 0.15) is 5.75 Å². The molecule has 0 spiro atoms. The Morgan fingerprint density at radius 1 is 1.38 bits per heavy atom. The fraction of sp³-hybridized carbons (Fsp3) is 0.647. The maximum Gasteiger partial charge on any atom is 0.123 e. The lowest BCUT2D eigenvalue weighted by Gasteiger charge is -2.42. The van der Waals surface area contributed by atoms with Gasteiger partial charge in [0.05, 0.1) is 13.2 Å². The van der Waals surface area contributed by atoms with E-state index in [4.69, 9.17) is 10.5 Å². The number of ether oxygens (including phenoxy) is 1. The van der Waals surface area contributed by atoms with Gasteiger partial charge in [-0.2, -0.15) is 0 Å². The molecular weight excluding hydrogens is 328 g/mol. The Morgan fingerprint density at radius 3 is 2.57 bits per heavy atom. The second-order valence-corrected chi connectivity index (χ2v) is 7.25. The Balaban J connectivity index is 2.19. The van der Waals surface area contributed by atoms with Crippen molar-refractivity contribution >= 4 is 15.9 Å². The first-order chi connectivity index (χ1) is 10.0. The molecule has 3 nitrogen and oxygen atoms in total. The van der Waals surface area contributed by atoms with Crippen LogP contribution >= 0.6 is 15.9 Å². The van der Waals surface area contributed by atoms with E-state index in [1.807, 2.05) is 12.1 Å². The molecule has 0 bridgehead atoms. The summed E-state index contributed by atoms with van der Waals surface area (Å²) in [6, 6.07) is 6.41. The molecule has 21 heavy (non-hydrogen) atoms. The van der Waals surface area contributed by atoms with Gasteiger partial charge in [-0.15, -0.1) is 0 Å². The van der Waals surface area contributed by atoms with Crippen LogP contribution in [0.3, 0.4) is 0 Å². The van der Waals surface area contributed by atoms with E-state index >= 15 is 0 Å². The summed E-state index contributed by atoms with van der Waals surface area (Å²) in [6.07, 6.45) is 3.75. The van der Waals surface area contributed by atoms with Gasteiger partial charge in [0.25, 0.3) is 0 Å². The van der Waals surface area contributed by atoms with Gasteiger partial charge in [-0.1, -0.05) is 36.2 Å². The summed E-state index contributed by atoms with van der Waals surface area (Å²) in [5, 5.41) is 0. The Labute approximate surface area is 137 Å². The minimum absolute atomic E-state index is 0.235. The third-order valence-electron chi connectivity index (χ3n) is 5.07. The summed E-state index contributed by atoms with van der Waals surface area (Å²) < 4.78 is 6.61. The molecule has 1 heterocycles. The van der Waals surface area contributed by atoms with E-state index in [9.17, 15) is 0 Å². The number of nitrogens with two attached hydrogens (primary N) is 1. The standard InChI is InChI=1S/C17H27BrN2O/c1-4-17(2)7-9-20(10-8-17)15(12-19)14-11-13(18)5-6-16(14)21-3/h5-6,11,15H,4,7-10,12,19H2,1-3H3. The molecule has 4 heteroatoms. The molecule has 0 aromatic heterocycles. The summed E-state index contributed by atoms with van der Waals surface area (Å²) in [5.41, 5.74) is 7.78. The molecular formula is C17H27BrN2O. The highest BCUT2D eigenvalue weighted by atomic mass is 79.9. The predicted molar refractivity (Wildman–Crippen MR) is 91.7 cm³/mol. The van der Waals surface area contributed by atoms with Crippen molar-refractivity contribution in [3.05, 3.63) is 28.2 Å². The van der Waals surface area contributed by atoms with Crippen LogP contribution in [-0.4, -0.2) is 31.6 Å². The van der Waals surface area contributed by atoms with Crippen LogP contribution in [0.25, 0.3) is 0 Å². The lowest BCUT2D eigenvalue weighted by atomic mass is 9.77. The van der Waals surface area contributed by atoms with Crippen LogP contribution in [0.5, 0.6) is 5.75 Å². The van der Waals surface area contributed by atoms with Gasteiger partial charge < -0.3 is 10.5 Å². The quantitative estimate of drug-likeness (QED) is 0.869. The molecule has 1 fully saturated rings. The lowest BCUT2D eigenvalue weighted by Crippen LogP contribution is -2.42. The highest BCUT2D eigenvalue weighted by molar-refractivity contribution is 9.10. The van der Waals surface area contributed by atoms with Gasteiger partial charge in [-0.25, -0.2) is 0 Å². The van der Waals surface area contributed by atoms with E-state index < -0.39 is 0 Å². The number of hydrogen-bond acceptors (Lipinski definition) is 3. The van der Waals surface area contributed by atoms with E-state index in [0.717, 1.165) is 23.3 Å². The van der Waals surface area contributed by atoms with Crippen LogP contribution in [0.4, 0.5) is 0 Å². The molecule has 1 aliphatic heterocycles. The average Bonchev–Trinajstić information content (AvgIpc) is 2.50. The van der Waals surface area contributed by atoms with Crippen LogP contribution in [0.1, 0.15) is 44.7 Å². The van der Waals surface area contributed by atoms with Crippen molar-refractivity contribution in [2.24, 2.45) is 11.1 Å². The normalized spacial score (nSPS) is 20.2. The predicted octanol–water partition coefficient (Wildman–Crippen LogP) is 3.97. The number of likely N-dealkylation sites (tertiary alicyclic amines) is 1. The number of piperidine rings is 1. The van der Waals surface area contributed by atoms with Crippen molar-refractivity contribution in [2.75, 3.05) is 26.7 Å². The Morgan fingerprint density at radius 2 is 2.05 bits per heavy atom. The molecule has 1 atom stereocenters. The van der Waals surface area contributed by atoms with Gasteiger partial charge in [0.15, 0.2) is 0 Å². The Kier molecular flexibility index (Phi) is 5.69. The van der Waals surface area contributed by atoms with Crippen LogP contribution in [0, 0.1) is 5.41 Å². The zero-order valence-corrected chi connectivity index (χ0v) is 14.9. The van der Waals surface area contributed by atoms with E-state index in [1.54, 1.807) is 7.11 Å². The van der Waals surface area contributed by atoms with Crippen LogP contribution < -0.4 is 10.5 Å². The molecule has 1 saturated heterocycles. The minimum Gasteiger partial charge on any atom is -0.496 e. The lowest BCUT2D eigenvalue weighted by molar-refractivity contribution is 0.0819. The highest BCUT2D eigenvalue weighted by Crippen LogP contribution is 2.38. The van der Waals surface area contributed by atoms with Gasteiger partial charge in [-0.05, 0) is 49.5 Å². The first-order valence-corrected chi connectivity index (χ1v) is 8.60. The maximum atomic E-state index is 6.10. The molecule has 0 saturated carbocycles. The second kappa shape index (κ2) is 7.12. The van der Waals surface area contributed by atoms with Gasteiger partial charge in [0, 0.05) is 16.6 Å². The van der Waals surface area contributed by atoms with Crippen molar-refractivity contribution in [1.29, 1.82) is 0 Å². The Hall–Kier alpha value is -0.580. The van der Waals surface area contributed by atoms with Crippen molar-refractivity contribution in [3.8, 4) is 5.75 Å². The molecule has 1 aromatic carbocycles. The molecule has 1 aromatic rings. The third kappa shape index (κ3) is 3.79. The summed E-state index contributed by atoms with van der Waals surface area (Å²) in [7, 11) is 1.73. The highest BCUT2D eigenvalue weighted by Gasteiger charge is 2.32. The summed E-state index contributed by atoms with van der Waals surface area (Å²) in [5.74, 6) is 0.928. The van der Waals surface area contributed by atoms with Crippen LogP contribution in [-0.2, 0) is 0 Å². The van der Waals surface area contributed by atoms with Crippen molar-refractivity contribution in [2.45, 2.75) is 39.2 Å². The first-order valence-electron chi connectivity index (χ1n) is 7.80. The number of benzene rings is 1. The Bertz CT molecular complexity index is 470. The number of hydrogen-bond donors (Lipinski definition) is 1. The molecule has 0 aliphatic carbocycles. The number of methoxy groups -OCH3 is 1. The second-order valence-electron chi connectivity index (χ2n) is 6.34. The smallest absolute Gasteiger partial charge is 0.123 e. The van der Waals surface area contributed by atoms with E-state index in [1.165, 1.54) is 24.8 Å². The van der Waals surface area contributed by atoms with Crippen molar-refractivity contribution < 1.29 is 4.74 Å². The molecule has 1 unspecified atom stereocenters. The summed E-state index contributed by atoms with van der Waals surface area (Å²) in [6.45, 7) is 7.55. The number of halogens is 1. The fourth-order valence-corrected chi connectivity index (χ4v) is 3.55. The van der Waals surface area contributed by atoms with Crippen molar-refractivity contribution in [1.82, 2.24) is 4.90 Å². The largest absolute Gasteiger partial charge is 0.496 e. The maximum absolute atomic E-state index is 6.10. The van der Waals surface area contributed by atoms with Gasteiger partial charge in [0.2, 0.25) is 0 Å². The van der Waals surface area contributed by atoms with E-state index in [2.05, 4.69) is 40.7 Å². The molecule has 2 N–H and O–H groups in total. The average molecular weight is 355 g/mol. The third-order valence-corrected chi connectivity index (χ3v) is 5.57. The number of nitrogens with zero attached hydrogens (tertiary/aromatic N) is 1. The molecule has 2 rings (SSSR count). The molecule has 118 valence electrons. The van der Waals surface area contributed by atoms with Gasteiger partial charge in [-0.3, -0.25) is 4.90 Å². The molecule has 1 aliphatic rings. The van der Waals surface area contributed by atoms with Crippen LogP contribution in [0.2, 0.25) is 0 Å². The zero-order valence-electron chi connectivity index (χ0n) is 13.4. The van der Waals surface area contributed by atoms with E-state index in [-0.39, 0.29) is 6.04 Å². The van der Waals surface area contributed by atoms with Crippen molar-refractivity contribution in [3.63, 3.8) is 0 Å². The van der Waals surface area contributed by atoms with Crippen LogP contribution in [0.15, 0.2) is 22.7 Å². The van der Waals surface area contributed by atoms with E-state index in [0.29, 0.717) is 12.0 Å². The fourth-order valence-electron chi connectivity index (χ4n) is 3.17. The number of rotatable bonds is 5. The monoisotopic (exact) mass is 354 g/mol. The topological polar surface area (TPSA) is 38.5 Å².